The Morgan fingerprint density at radius 2 is 1.93 bits per heavy atom. The lowest BCUT2D eigenvalue weighted by Crippen LogP contribution is -2.50. The summed E-state index contributed by atoms with van der Waals surface area (Å²) in [5.74, 6) is 0.700. The van der Waals surface area contributed by atoms with Gasteiger partial charge in [-0.05, 0) is 51.2 Å². The Kier molecular flexibility index (Phi) is 4.86. The van der Waals surface area contributed by atoms with E-state index < -0.39 is 11.4 Å². The second kappa shape index (κ2) is 7.04. The van der Waals surface area contributed by atoms with E-state index in [-0.39, 0.29) is 16.2 Å². The topological polar surface area (TPSA) is 77.0 Å². The van der Waals surface area contributed by atoms with Crippen molar-refractivity contribution in [1.82, 2.24) is 19.9 Å². The molecule has 0 radical (unpaired) electrons. The average Bonchev–Trinajstić information content (AvgIpc) is 2.95. The first-order chi connectivity index (χ1) is 12.9. The lowest BCUT2D eigenvalue weighted by molar-refractivity contribution is 0.175. The highest BCUT2D eigenvalue weighted by Crippen LogP contribution is 2.52. The van der Waals surface area contributed by atoms with Gasteiger partial charge in [0.25, 0.3) is 0 Å². The van der Waals surface area contributed by atoms with Crippen molar-refractivity contribution >= 4 is 17.3 Å². The van der Waals surface area contributed by atoms with E-state index in [1.165, 1.54) is 11.1 Å². The lowest BCUT2D eigenvalue weighted by atomic mass is 9.73. The molecular formula is C20H27N5OS. The van der Waals surface area contributed by atoms with Crippen LogP contribution in [0.25, 0.3) is 0 Å². The number of rotatable bonds is 3. The summed E-state index contributed by atoms with van der Waals surface area (Å²) < 4.78 is 16.1. The number of aromatic nitrogens is 3. The summed E-state index contributed by atoms with van der Waals surface area (Å²) in [5.41, 5.74) is 2.77. The van der Waals surface area contributed by atoms with E-state index >= 15 is 0 Å². The zero-order chi connectivity index (χ0) is 19.1. The van der Waals surface area contributed by atoms with Crippen LogP contribution in [-0.2, 0) is 17.8 Å². The summed E-state index contributed by atoms with van der Waals surface area (Å²) in [6, 6.07) is 8.72. The van der Waals surface area contributed by atoms with Crippen LogP contribution >= 0.6 is 0 Å². The number of benzene rings is 1. The number of hydrogen-bond donors (Lipinski definition) is 1. The first kappa shape index (κ1) is 18.7. The van der Waals surface area contributed by atoms with Crippen LogP contribution in [0, 0.1) is 5.41 Å². The smallest absolute Gasteiger partial charge is 0.245 e. The molecule has 2 atom stereocenters. The van der Waals surface area contributed by atoms with E-state index in [2.05, 4.69) is 49.1 Å². The minimum atomic E-state index is -1.11. The number of nitrogens with one attached hydrogen (secondary N) is 1. The number of anilines is 1. The Bertz CT molecular complexity index is 786. The van der Waals surface area contributed by atoms with Crippen LogP contribution in [0.4, 0.5) is 5.95 Å². The molecule has 6 nitrogen and oxygen atoms in total. The van der Waals surface area contributed by atoms with Crippen LogP contribution in [0.3, 0.4) is 0 Å². The van der Waals surface area contributed by atoms with Gasteiger partial charge in [-0.2, -0.15) is 5.10 Å². The van der Waals surface area contributed by atoms with Gasteiger partial charge in [0.1, 0.15) is 4.75 Å². The largest absolute Gasteiger partial charge is 0.598 e. The minimum absolute atomic E-state index is 0.0866. The first-order valence-corrected chi connectivity index (χ1v) is 10.7. The number of piperidine rings is 1. The van der Waals surface area contributed by atoms with E-state index in [4.69, 9.17) is 0 Å². The van der Waals surface area contributed by atoms with Gasteiger partial charge >= 0.3 is 0 Å². The summed E-state index contributed by atoms with van der Waals surface area (Å²) in [6.45, 7) is 7.84. The molecule has 2 heterocycles. The van der Waals surface area contributed by atoms with E-state index in [0.717, 1.165) is 32.4 Å². The standard InChI is InChI=1S/C20H27N5OS/c1-19(2,3)27(26)24-17-16-7-5-4-6-15(16)14-20(17)8-12-25(13-9-20)18-21-10-11-22-23-18/h4-7,10-11,17,24H,8-9,12-14H2,1-3H3/t17-,27-/m1/s1. The molecule has 1 aliphatic carbocycles. The molecule has 0 unspecified atom stereocenters. The van der Waals surface area contributed by atoms with Crippen LogP contribution in [0.2, 0.25) is 0 Å². The molecule has 1 spiro atoms. The second-order valence-electron chi connectivity index (χ2n) is 8.60. The van der Waals surface area contributed by atoms with Crippen LogP contribution in [-0.4, -0.2) is 37.6 Å². The zero-order valence-corrected chi connectivity index (χ0v) is 17.0. The Labute approximate surface area is 164 Å². The summed E-state index contributed by atoms with van der Waals surface area (Å²) in [4.78, 5) is 6.55. The van der Waals surface area contributed by atoms with Gasteiger partial charge in [-0.1, -0.05) is 24.3 Å². The Morgan fingerprint density at radius 1 is 1.19 bits per heavy atom. The van der Waals surface area contributed by atoms with Gasteiger partial charge in [-0.3, -0.25) is 0 Å². The molecule has 4 rings (SSSR count). The molecule has 1 fully saturated rings. The van der Waals surface area contributed by atoms with Crippen molar-refractivity contribution in [2.45, 2.75) is 50.8 Å². The minimum Gasteiger partial charge on any atom is -0.598 e. The molecule has 1 aliphatic heterocycles. The van der Waals surface area contributed by atoms with Gasteiger partial charge in [0.15, 0.2) is 0 Å². The normalized spacial score (nSPS) is 22.7. The fourth-order valence-corrected chi connectivity index (χ4v) is 5.21. The Morgan fingerprint density at radius 3 is 2.59 bits per heavy atom. The van der Waals surface area contributed by atoms with Gasteiger partial charge in [0.2, 0.25) is 5.95 Å². The highest BCUT2D eigenvalue weighted by molar-refractivity contribution is 7.90. The van der Waals surface area contributed by atoms with Gasteiger partial charge < -0.3 is 9.45 Å². The summed E-state index contributed by atoms with van der Waals surface area (Å²) >= 11 is -1.11. The van der Waals surface area contributed by atoms with Crippen molar-refractivity contribution in [1.29, 1.82) is 0 Å². The molecule has 0 amide bonds. The van der Waals surface area contributed by atoms with Crippen LogP contribution in [0.15, 0.2) is 36.7 Å². The fraction of sp³-hybridized carbons (Fsp3) is 0.550. The Balaban J connectivity index is 1.58. The number of fused-ring (bicyclic) bond motifs is 1. The zero-order valence-electron chi connectivity index (χ0n) is 16.2. The van der Waals surface area contributed by atoms with Gasteiger partial charge in [-0.15, -0.1) is 9.82 Å². The molecule has 0 bridgehead atoms. The van der Waals surface area contributed by atoms with E-state index in [0.29, 0.717) is 5.95 Å². The number of hydrogen-bond acceptors (Lipinski definition) is 6. The van der Waals surface area contributed by atoms with Gasteiger partial charge in [0, 0.05) is 29.9 Å². The predicted octanol–water partition coefficient (Wildman–Crippen LogP) is 2.81. The predicted molar refractivity (Wildman–Crippen MR) is 108 cm³/mol. The average molecular weight is 386 g/mol. The maximum Gasteiger partial charge on any atom is 0.245 e. The first-order valence-electron chi connectivity index (χ1n) is 9.54. The maximum atomic E-state index is 12.9. The van der Waals surface area contributed by atoms with Gasteiger partial charge in [0.05, 0.1) is 18.4 Å². The quantitative estimate of drug-likeness (QED) is 0.819. The van der Waals surface area contributed by atoms with Crippen molar-refractivity contribution in [2.75, 3.05) is 18.0 Å². The van der Waals surface area contributed by atoms with Crippen molar-refractivity contribution in [3.05, 3.63) is 47.8 Å². The maximum absolute atomic E-state index is 12.9. The van der Waals surface area contributed by atoms with Crippen LogP contribution in [0.5, 0.6) is 0 Å². The third-order valence-corrected chi connectivity index (χ3v) is 7.38. The second-order valence-corrected chi connectivity index (χ2v) is 10.6. The van der Waals surface area contributed by atoms with Crippen molar-refractivity contribution in [3.63, 3.8) is 0 Å². The molecular weight excluding hydrogens is 358 g/mol. The monoisotopic (exact) mass is 385 g/mol. The van der Waals surface area contributed by atoms with Crippen LogP contribution in [0.1, 0.15) is 50.8 Å². The summed E-state index contributed by atoms with van der Waals surface area (Å²) in [5, 5.41) is 8.11. The molecule has 27 heavy (non-hydrogen) atoms. The molecule has 1 saturated heterocycles. The van der Waals surface area contributed by atoms with Gasteiger partial charge in [-0.25, -0.2) is 4.98 Å². The molecule has 0 saturated carbocycles. The summed E-state index contributed by atoms with van der Waals surface area (Å²) in [7, 11) is 0. The molecule has 2 aromatic rings. The molecule has 1 aromatic heterocycles. The fourth-order valence-electron chi connectivity index (χ4n) is 4.26. The summed E-state index contributed by atoms with van der Waals surface area (Å²) in [6.07, 6.45) is 6.35. The molecule has 1 aromatic carbocycles. The third kappa shape index (κ3) is 3.56. The van der Waals surface area contributed by atoms with E-state index in [1.54, 1.807) is 12.4 Å². The van der Waals surface area contributed by atoms with Crippen molar-refractivity contribution in [2.24, 2.45) is 5.41 Å². The molecule has 144 valence electrons. The van der Waals surface area contributed by atoms with E-state index in [1.807, 2.05) is 20.8 Å². The number of nitrogens with zero attached hydrogens (tertiary/aromatic N) is 4. The molecule has 7 heteroatoms. The molecule has 1 N–H and O–H groups in total. The van der Waals surface area contributed by atoms with Crippen molar-refractivity contribution in [3.8, 4) is 0 Å². The lowest BCUT2D eigenvalue weighted by Gasteiger charge is -2.43. The Hall–Kier alpha value is -1.70. The van der Waals surface area contributed by atoms with Crippen molar-refractivity contribution < 1.29 is 4.55 Å². The highest BCUT2D eigenvalue weighted by Gasteiger charge is 2.50. The van der Waals surface area contributed by atoms with Crippen LogP contribution < -0.4 is 9.62 Å². The molecule has 2 aliphatic rings. The van der Waals surface area contributed by atoms with E-state index in [9.17, 15) is 4.55 Å². The third-order valence-electron chi connectivity index (χ3n) is 5.81. The SMILES string of the molecule is CC(C)(C)[S@@+]([O-])N[C@@H]1c2ccccc2CC12CCN(c1nccnn1)CC2. The highest BCUT2D eigenvalue weighted by atomic mass is 32.2.